The number of carbonyl (C=O) groups is 2. The summed E-state index contributed by atoms with van der Waals surface area (Å²) in [5.41, 5.74) is 0.655. The second-order valence-corrected chi connectivity index (χ2v) is 5.00. The van der Waals surface area contributed by atoms with Crippen molar-refractivity contribution in [1.82, 2.24) is 4.90 Å². The van der Waals surface area contributed by atoms with Crippen LogP contribution in [0.5, 0.6) is 0 Å². The zero-order chi connectivity index (χ0) is 13.8. The molecule has 1 aromatic rings. The lowest BCUT2D eigenvalue weighted by Gasteiger charge is -2.19. The molecule has 0 unspecified atom stereocenters. The normalized spacial score (nSPS) is 16.0. The van der Waals surface area contributed by atoms with Gasteiger partial charge in [0.1, 0.15) is 5.82 Å². The van der Waals surface area contributed by atoms with Crippen molar-refractivity contribution in [3.05, 3.63) is 35.1 Å². The summed E-state index contributed by atoms with van der Waals surface area (Å²) in [4.78, 5) is 25.9. The van der Waals surface area contributed by atoms with Crippen LogP contribution in [0.25, 0.3) is 0 Å². The van der Waals surface area contributed by atoms with Crippen LogP contribution in [-0.2, 0) is 4.79 Å². The Morgan fingerprint density at radius 1 is 1.11 bits per heavy atom. The Balaban J connectivity index is 2.13. The Labute approximate surface area is 112 Å². The van der Waals surface area contributed by atoms with Crippen molar-refractivity contribution in [3.8, 4) is 0 Å². The van der Waals surface area contributed by atoms with Crippen molar-refractivity contribution in [2.24, 2.45) is 0 Å². The summed E-state index contributed by atoms with van der Waals surface area (Å²) in [6.45, 7) is 2.87. The van der Waals surface area contributed by atoms with E-state index in [4.69, 9.17) is 0 Å². The predicted octanol–water partition coefficient (Wildman–Crippen LogP) is 2.72. The van der Waals surface area contributed by atoms with Gasteiger partial charge in [-0.3, -0.25) is 9.59 Å². The van der Waals surface area contributed by atoms with E-state index in [9.17, 15) is 14.0 Å². The van der Waals surface area contributed by atoms with Crippen molar-refractivity contribution < 1.29 is 14.0 Å². The molecule has 0 bridgehead atoms. The monoisotopic (exact) mass is 263 g/mol. The van der Waals surface area contributed by atoms with Crippen LogP contribution >= 0.6 is 0 Å². The van der Waals surface area contributed by atoms with Crippen molar-refractivity contribution in [3.63, 3.8) is 0 Å². The molecule has 0 saturated carbocycles. The third-order valence-electron chi connectivity index (χ3n) is 3.51. The topological polar surface area (TPSA) is 37.4 Å². The molecular weight excluding hydrogens is 245 g/mol. The first kappa shape index (κ1) is 13.7. The number of carbonyl (C=O) groups excluding carboxylic acids is 2. The minimum absolute atomic E-state index is 0.271. The fourth-order valence-electron chi connectivity index (χ4n) is 2.33. The van der Waals surface area contributed by atoms with E-state index in [-0.39, 0.29) is 11.4 Å². The van der Waals surface area contributed by atoms with Gasteiger partial charge in [0.05, 0.1) is 0 Å². The Bertz CT molecular complexity index is 491. The number of amides is 1. The molecule has 0 N–H and O–H groups in total. The van der Waals surface area contributed by atoms with E-state index in [1.807, 2.05) is 0 Å². The highest BCUT2D eigenvalue weighted by atomic mass is 19.1. The molecule has 0 aromatic heterocycles. The molecule has 3 nitrogen and oxygen atoms in total. The van der Waals surface area contributed by atoms with Gasteiger partial charge in [-0.05, 0) is 43.5 Å². The fourth-order valence-corrected chi connectivity index (χ4v) is 2.33. The molecule has 1 aliphatic rings. The maximum atomic E-state index is 13.2. The van der Waals surface area contributed by atoms with E-state index in [0.717, 1.165) is 25.7 Å². The quantitative estimate of drug-likeness (QED) is 0.607. The third-order valence-corrected chi connectivity index (χ3v) is 3.51. The number of ketones is 1. The Hall–Kier alpha value is -1.71. The molecule has 1 amide bonds. The Kier molecular flexibility index (Phi) is 4.30. The number of hydrogen-bond acceptors (Lipinski definition) is 2. The number of likely N-dealkylation sites (tertiary alicyclic amines) is 1. The van der Waals surface area contributed by atoms with E-state index in [1.165, 1.54) is 18.2 Å². The number of benzene rings is 1. The molecule has 4 heteroatoms. The molecule has 1 aliphatic heterocycles. The van der Waals surface area contributed by atoms with Crippen LogP contribution in [0.3, 0.4) is 0 Å². The van der Waals surface area contributed by atoms with Gasteiger partial charge in [0, 0.05) is 18.7 Å². The van der Waals surface area contributed by atoms with E-state index >= 15 is 0 Å². The zero-order valence-corrected chi connectivity index (χ0v) is 11.1. The molecule has 1 fully saturated rings. The van der Waals surface area contributed by atoms with Gasteiger partial charge < -0.3 is 4.90 Å². The van der Waals surface area contributed by atoms with Gasteiger partial charge in [-0.2, -0.15) is 0 Å². The minimum Gasteiger partial charge on any atom is -0.336 e. The SMILES string of the molecule is Cc1cc(C(=O)C(=O)N2CCCCCC2)ccc1F. The van der Waals surface area contributed by atoms with Gasteiger partial charge in [-0.1, -0.05) is 12.8 Å². The molecule has 1 saturated heterocycles. The lowest BCUT2D eigenvalue weighted by molar-refractivity contribution is -0.126. The van der Waals surface area contributed by atoms with Gasteiger partial charge in [0.25, 0.3) is 5.91 Å². The van der Waals surface area contributed by atoms with E-state index in [2.05, 4.69) is 0 Å². The summed E-state index contributed by atoms with van der Waals surface area (Å²) in [5, 5.41) is 0. The number of rotatable bonds is 2. The van der Waals surface area contributed by atoms with Crippen LogP contribution in [0.1, 0.15) is 41.6 Å². The number of Topliss-reactive ketones (excluding diaryl/α,β-unsaturated/α-hetero) is 1. The molecule has 1 heterocycles. The largest absolute Gasteiger partial charge is 0.336 e. The van der Waals surface area contributed by atoms with Crippen molar-refractivity contribution >= 4 is 11.7 Å². The highest BCUT2D eigenvalue weighted by molar-refractivity contribution is 6.42. The highest BCUT2D eigenvalue weighted by Gasteiger charge is 2.24. The molecular formula is C15H18FNO2. The maximum Gasteiger partial charge on any atom is 0.294 e. The summed E-state index contributed by atoms with van der Waals surface area (Å²) in [6.07, 6.45) is 4.10. The van der Waals surface area contributed by atoms with Crippen LogP contribution in [0.2, 0.25) is 0 Å². The standard InChI is InChI=1S/C15H18FNO2/c1-11-10-12(6-7-13(11)16)14(18)15(19)17-8-4-2-3-5-9-17/h6-7,10H,2-5,8-9H2,1H3. The highest BCUT2D eigenvalue weighted by Crippen LogP contribution is 2.14. The minimum atomic E-state index is -0.537. The fraction of sp³-hybridized carbons (Fsp3) is 0.467. The lowest BCUT2D eigenvalue weighted by Crippen LogP contribution is -2.37. The van der Waals surface area contributed by atoms with Crippen LogP contribution < -0.4 is 0 Å². The van der Waals surface area contributed by atoms with Gasteiger partial charge >= 0.3 is 0 Å². The second-order valence-electron chi connectivity index (χ2n) is 5.00. The second kappa shape index (κ2) is 5.95. The van der Waals surface area contributed by atoms with Crippen LogP contribution in [0, 0.1) is 12.7 Å². The number of hydrogen-bond donors (Lipinski definition) is 0. The molecule has 0 atom stereocenters. The Morgan fingerprint density at radius 2 is 1.74 bits per heavy atom. The molecule has 102 valence electrons. The number of nitrogens with zero attached hydrogens (tertiary/aromatic N) is 1. The first-order valence-electron chi connectivity index (χ1n) is 6.69. The van der Waals surface area contributed by atoms with Gasteiger partial charge in [0.2, 0.25) is 5.78 Å². The van der Waals surface area contributed by atoms with Crippen LogP contribution in [0.15, 0.2) is 18.2 Å². The number of aryl methyl sites for hydroxylation is 1. The lowest BCUT2D eigenvalue weighted by atomic mass is 10.1. The first-order valence-corrected chi connectivity index (χ1v) is 6.69. The van der Waals surface area contributed by atoms with Gasteiger partial charge in [-0.15, -0.1) is 0 Å². The summed E-state index contributed by atoms with van der Waals surface area (Å²) in [5.74, 6) is -1.36. The first-order chi connectivity index (χ1) is 9.09. The van der Waals surface area contributed by atoms with E-state index in [1.54, 1.807) is 11.8 Å². The molecule has 2 rings (SSSR count). The predicted molar refractivity (Wildman–Crippen MR) is 70.5 cm³/mol. The van der Waals surface area contributed by atoms with Crippen LogP contribution in [0.4, 0.5) is 4.39 Å². The van der Waals surface area contributed by atoms with Crippen molar-refractivity contribution in [1.29, 1.82) is 0 Å². The zero-order valence-electron chi connectivity index (χ0n) is 11.1. The van der Waals surface area contributed by atoms with Crippen LogP contribution in [-0.4, -0.2) is 29.7 Å². The van der Waals surface area contributed by atoms with Gasteiger partial charge in [0.15, 0.2) is 0 Å². The molecule has 1 aromatic carbocycles. The van der Waals surface area contributed by atoms with Crippen molar-refractivity contribution in [2.45, 2.75) is 32.6 Å². The smallest absolute Gasteiger partial charge is 0.294 e. The number of halogens is 1. The average Bonchev–Trinajstić information content (AvgIpc) is 2.69. The molecule has 19 heavy (non-hydrogen) atoms. The van der Waals surface area contributed by atoms with Crippen molar-refractivity contribution in [2.75, 3.05) is 13.1 Å². The van der Waals surface area contributed by atoms with E-state index in [0.29, 0.717) is 18.7 Å². The average molecular weight is 263 g/mol. The van der Waals surface area contributed by atoms with E-state index < -0.39 is 11.7 Å². The third kappa shape index (κ3) is 3.19. The summed E-state index contributed by atoms with van der Waals surface area (Å²) in [7, 11) is 0. The Morgan fingerprint density at radius 3 is 2.32 bits per heavy atom. The molecule has 0 spiro atoms. The maximum absolute atomic E-state index is 13.2. The van der Waals surface area contributed by atoms with Gasteiger partial charge in [-0.25, -0.2) is 4.39 Å². The summed E-state index contributed by atoms with van der Waals surface area (Å²) in [6, 6.07) is 4.05. The molecule has 0 aliphatic carbocycles. The molecule has 0 radical (unpaired) electrons. The summed E-state index contributed by atoms with van der Waals surface area (Å²) >= 11 is 0. The summed E-state index contributed by atoms with van der Waals surface area (Å²) < 4.78 is 13.2.